The third-order valence-electron chi connectivity index (χ3n) is 5.50. The molecule has 2 saturated carbocycles. The summed E-state index contributed by atoms with van der Waals surface area (Å²) in [6, 6.07) is 0. The van der Waals surface area contributed by atoms with Crippen LogP contribution in [0.4, 0.5) is 0 Å². The van der Waals surface area contributed by atoms with Crippen molar-refractivity contribution in [3.8, 4) is 0 Å². The molecule has 2 aliphatic rings. The lowest BCUT2D eigenvalue weighted by atomic mass is 9.73. The molecule has 0 aliphatic heterocycles. The Morgan fingerprint density at radius 3 is 2.05 bits per heavy atom. The second-order valence-corrected chi connectivity index (χ2v) is 7.10. The molecule has 0 heterocycles. The summed E-state index contributed by atoms with van der Waals surface area (Å²) in [6.45, 7) is 9.17. The van der Waals surface area contributed by atoms with E-state index in [0.717, 1.165) is 56.3 Å². The number of ether oxygens (including phenoxy) is 1. The van der Waals surface area contributed by atoms with Crippen molar-refractivity contribution in [3.63, 3.8) is 0 Å². The maximum atomic E-state index is 12.2. The summed E-state index contributed by atoms with van der Waals surface area (Å²) in [4.78, 5) is 12.2. The number of hydrogen-bond acceptors (Lipinski definition) is 2. The normalized spacial score (nSPS) is 38.1. The van der Waals surface area contributed by atoms with E-state index in [1.54, 1.807) is 0 Å². The Kier molecular flexibility index (Phi) is 4.92. The van der Waals surface area contributed by atoms with Gasteiger partial charge in [-0.2, -0.15) is 0 Å². The molecule has 0 aromatic carbocycles. The third-order valence-corrected chi connectivity index (χ3v) is 5.50. The van der Waals surface area contributed by atoms with Crippen molar-refractivity contribution in [2.45, 2.75) is 72.3 Å². The average Bonchev–Trinajstić information content (AvgIpc) is 2.36. The molecule has 0 bridgehead atoms. The zero-order valence-corrected chi connectivity index (χ0v) is 12.9. The topological polar surface area (TPSA) is 26.3 Å². The van der Waals surface area contributed by atoms with Crippen LogP contribution in [0.5, 0.6) is 0 Å². The molecule has 0 spiro atoms. The van der Waals surface area contributed by atoms with E-state index in [4.69, 9.17) is 4.74 Å². The van der Waals surface area contributed by atoms with Crippen molar-refractivity contribution < 1.29 is 9.53 Å². The van der Waals surface area contributed by atoms with Crippen LogP contribution in [-0.2, 0) is 9.53 Å². The highest BCUT2D eigenvalue weighted by Gasteiger charge is 2.34. The van der Waals surface area contributed by atoms with E-state index in [1.165, 1.54) is 0 Å². The van der Waals surface area contributed by atoms with Crippen LogP contribution >= 0.6 is 0 Å². The highest BCUT2D eigenvalue weighted by atomic mass is 16.5. The van der Waals surface area contributed by atoms with Gasteiger partial charge in [0.2, 0.25) is 0 Å². The fraction of sp³-hybridized carbons (Fsp3) is 0.882. The van der Waals surface area contributed by atoms with Gasteiger partial charge >= 0.3 is 5.97 Å². The Hall–Kier alpha value is -0.530. The van der Waals surface area contributed by atoms with Crippen LogP contribution in [-0.4, -0.2) is 12.1 Å². The van der Waals surface area contributed by atoms with Crippen molar-refractivity contribution in [1.82, 2.24) is 0 Å². The van der Waals surface area contributed by atoms with Gasteiger partial charge in [0, 0.05) is 0 Å². The summed E-state index contributed by atoms with van der Waals surface area (Å²) in [5.41, 5.74) is 0. The van der Waals surface area contributed by atoms with Crippen molar-refractivity contribution >= 4 is 5.97 Å². The van der Waals surface area contributed by atoms with Crippen LogP contribution in [0.2, 0.25) is 0 Å². The van der Waals surface area contributed by atoms with Crippen molar-refractivity contribution in [2.75, 3.05) is 0 Å². The van der Waals surface area contributed by atoms with Crippen LogP contribution in [0.3, 0.4) is 0 Å². The molecular weight excluding hydrogens is 236 g/mol. The maximum Gasteiger partial charge on any atom is 0.313 e. The molecular formula is C17H29O2. The largest absolute Gasteiger partial charge is 0.462 e. The fourth-order valence-electron chi connectivity index (χ4n) is 3.56. The van der Waals surface area contributed by atoms with Crippen LogP contribution in [0.25, 0.3) is 0 Å². The fourth-order valence-corrected chi connectivity index (χ4v) is 3.56. The van der Waals surface area contributed by atoms with Crippen LogP contribution in [0, 0.1) is 29.6 Å². The monoisotopic (exact) mass is 265 g/mol. The maximum absolute atomic E-state index is 12.2. The highest BCUT2D eigenvalue weighted by molar-refractivity contribution is 5.84. The van der Waals surface area contributed by atoms with Gasteiger partial charge in [-0.05, 0) is 62.2 Å². The van der Waals surface area contributed by atoms with E-state index in [2.05, 4.69) is 27.7 Å². The minimum atomic E-state index is 0.00542. The molecule has 19 heavy (non-hydrogen) atoms. The number of hydrogen-bond donors (Lipinski definition) is 0. The van der Waals surface area contributed by atoms with Gasteiger partial charge in [0.15, 0.2) is 0 Å². The second kappa shape index (κ2) is 6.28. The van der Waals surface area contributed by atoms with Gasteiger partial charge in [-0.3, -0.25) is 4.79 Å². The number of carbonyl (C=O) groups excluding carboxylic acids is 1. The van der Waals surface area contributed by atoms with Gasteiger partial charge < -0.3 is 4.74 Å². The Balaban J connectivity index is 1.82. The standard InChI is InChI=1S/C17H29O2/c1-11-5-7-15(8-6-11)17(18)19-16-9-12(2)14(4)13(3)10-16/h11-14,16H,5-10H2,1-4H3. The number of carbonyl (C=O) groups is 1. The molecule has 2 rings (SSSR count). The Bertz CT molecular complexity index is 292. The lowest BCUT2D eigenvalue weighted by molar-refractivity contribution is -0.151. The molecule has 0 saturated heterocycles. The number of esters is 1. The summed E-state index contributed by atoms with van der Waals surface area (Å²) < 4.78 is 5.78. The Morgan fingerprint density at radius 2 is 1.53 bits per heavy atom. The first kappa shape index (κ1) is 14.9. The summed E-state index contributed by atoms with van der Waals surface area (Å²) in [6.07, 6.45) is 6.45. The SMILES string of the molecule is CC1CC[C](C(=O)OC2CC(C)C(C)C(C)C2)CC1. The quantitative estimate of drug-likeness (QED) is 0.692. The van der Waals surface area contributed by atoms with E-state index in [-0.39, 0.29) is 12.1 Å². The smallest absolute Gasteiger partial charge is 0.313 e. The van der Waals surface area contributed by atoms with Gasteiger partial charge in [-0.1, -0.05) is 27.7 Å². The summed E-state index contributed by atoms with van der Waals surface area (Å²) in [7, 11) is 0. The van der Waals surface area contributed by atoms with E-state index in [0.29, 0.717) is 11.8 Å². The Morgan fingerprint density at radius 1 is 1.00 bits per heavy atom. The predicted octanol–water partition coefficient (Wildman–Crippen LogP) is 4.38. The minimum absolute atomic E-state index is 0.00542. The zero-order valence-electron chi connectivity index (χ0n) is 12.9. The minimum Gasteiger partial charge on any atom is -0.462 e. The van der Waals surface area contributed by atoms with Gasteiger partial charge in [0.1, 0.15) is 6.10 Å². The van der Waals surface area contributed by atoms with Gasteiger partial charge in [0.25, 0.3) is 0 Å². The average molecular weight is 265 g/mol. The predicted molar refractivity (Wildman–Crippen MR) is 77.5 cm³/mol. The molecule has 2 fully saturated rings. The van der Waals surface area contributed by atoms with E-state index in [1.807, 2.05) is 0 Å². The van der Waals surface area contributed by atoms with E-state index in [9.17, 15) is 4.79 Å². The molecule has 0 amide bonds. The van der Waals surface area contributed by atoms with Crippen molar-refractivity contribution in [3.05, 3.63) is 5.92 Å². The zero-order chi connectivity index (χ0) is 14.0. The molecule has 1 radical (unpaired) electrons. The molecule has 109 valence electrons. The van der Waals surface area contributed by atoms with Crippen LogP contribution in [0.1, 0.15) is 66.2 Å². The molecule has 0 N–H and O–H groups in total. The molecule has 0 aromatic rings. The lowest BCUT2D eigenvalue weighted by Gasteiger charge is -2.37. The third kappa shape index (κ3) is 3.73. The van der Waals surface area contributed by atoms with Crippen LogP contribution < -0.4 is 0 Å². The highest BCUT2D eigenvalue weighted by Crippen LogP contribution is 2.37. The first-order valence-electron chi connectivity index (χ1n) is 8.03. The summed E-state index contributed by atoms with van der Waals surface area (Å²) in [5, 5.41) is 0. The first-order valence-corrected chi connectivity index (χ1v) is 8.03. The van der Waals surface area contributed by atoms with Crippen molar-refractivity contribution in [1.29, 1.82) is 0 Å². The van der Waals surface area contributed by atoms with Crippen molar-refractivity contribution in [2.24, 2.45) is 23.7 Å². The Labute approximate surface area is 118 Å². The first-order chi connectivity index (χ1) is 8.97. The van der Waals surface area contributed by atoms with Gasteiger partial charge in [-0.25, -0.2) is 0 Å². The van der Waals surface area contributed by atoms with Crippen LogP contribution in [0.15, 0.2) is 0 Å². The summed E-state index contributed by atoms with van der Waals surface area (Å²) in [5.74, 6) is 3.89. The van der Waals surface area contributed by atoms with Gasteiger partial charge in [-0.15, -0.1) is 0 Å². The molecule has 2 unspecified atom stereocenters. The second-order valence-electron chi connectivity index (χ2n) is 7.10. The van der Waals surface area contributed by atoms with E-state index < -0.39 is 0 Å². The van der Waals surface area contributed by atoms with E-state index >= 15 is 0 Å². The van der Waals surface area contributed by atoms with Gasteiger partial charge in [0.05, 0.1) is 5.92 Å². The molecule has 2 heteroatoms. The summed E-state index contributed by atoms with van der Waals surface area (Å²) >= 11 is 0. The molecule has 2 aliphatic carbocycles. The molecule has 0 aromatic heterocycles. The molecule has 2 nitrogen and oxygen atoms in total. The molecule has 2 atom stereocenters. The lowest BCUT2D eigenvalue weighted by Crippen LogP contribution is -2.35. The number of rotatable bonds is 2.